The lowest BCUT2D eigenvalue weighted by molar-refractivity contribution is -0.137. The predicted octanol–water partition coefficient (Wildman–Crippen LogP) is 4.84. The van der Waals surface area contributed by atoms with Crippen LogP contribution in [0.2, 0.25) is 0 Å². The maximum absolute atomic E-state index is 14.9. The summed E-state index contributed by atoms with van der Waals surface area (Å²) >= 11 is 5.53. The number of halogens is 4. The molecule has 6 nitrogen and oxygen atoms in total. The Morgan fingerprint density at radius 1 is 1.23 bits per heavy atom. The summed E-state index contributed by atoms with van der Waals surface area (Å²) in [4.78, 5) is 2.64. The molecule has 35 heavy (non-hydrogen) atoms. The van der Waals surface area contributed by atoms with Gasteiger partial charge in [0.15, 0.2) is 22.9 Å². The van der Waals surface area contributed by atoms with Crippen molar-refractivity contribution < 1.29 is 32.1 Å². The standard InChI is InChI=1S/C24H23F4N3O3S/c1-23(2)21(32)30(16-4-3-15(11-29)18(9-16)24(26,27)28)22(35)31(23)17-5-6-20(19(25)10-17)34-13-14-7-8-33-12-14/h3-6,9-10,14,21,32H,7-8,12-13H2,1-2H3. The van der Waals surface area contributed by atoms with Crippen molar-refractivity contribution in [2.45, 2.75) is 38.2 Å². The van der Waals surface area contributed by atoms with Crippen molar-refractivity contribution in [1.82, 2.24) is 0 Å². The van der Waals surface area contributed by atoms with Crippen molar-refractivity contribution in [3.05, 3.63) is 53.3 Å². The van der Waals surface area contributed by atoms with Crippen LogP contribution in [0, 0.1) is 23.1 Å². The molecule has 186 valence electrons. The molecular formula is C24H23F4N3O3S. The Morgan fingerprint density at radius 3 is 2.54 bits per heavy atom. The van der Waals surface area contributed by atoms with Crippen LogP contribution in [0.1, 0.15) is 31.4 Å². The van der Waals surface area contributed by atoms with Crippen LogP contribution >= 0.6 is 12.2 Å². The third-order valence-corrected chi connectivity index (χ3v) is 6.61. The second-order valence-electron chi connectivity index (χ2n) is 9.01. The van der Waals surface area contributed by atoms with E-state index in [1.54, 1.807) is 19.9 Å². The molecule has 2 fully saturated rings. The average Bonchev–Trinajstić information content (AvgIpc) is 3.37. The van der Waals surface area contributed by atoms with Gasteiger partial charge in [0.25, 0.3) is 0 Å². The van der Waals surface area contributed by atoms with E-state index < -0.39 is 34.9 Å². The summed E-state index contributed by atoms with van der Waals surface area (Å²) < 4.78 is 66.3. The van der Waals surface area contributed by atoms with Crippen LogP contribution in [0.3, 0.4) is 0 Å². The lowest BCUT2D eigenvalue weighted by Crippen LogP contribution is -2.47. The van der Waals surface area contributed by atoms with Gasteiger partial charge in [-0.15, -0.1) is 0 Å². The minimum Gasteiger partial charge on any atom is -0.490 e. The lowest BCUT2D eigenvalue weighted by atomic mass is 10.0. The third-order valence-electron chi connectivity index (χ3n) is 6.23. The van der Waals surface area contributed by atoms with E-state index >= 15 is 0 Å². The number of thiocarbonyl (C=S) groups is 1. The Bertz CT molecular complexity index is 1180. The summed E-state index contributed by atoms with van der Waals surface area (Å²) in [5.41, 5.74) is -2.54. The Hall–Kier alpha value is -2.94. The van der Waals surface area contributed by atoms with Crippen molar-refractivity contribution in [2.24, 2.45) is 5.92 Å². The van der Waals surface area contributed by atoms with Gasteiger partial charge in [0.2, 0.25) is 0 Å². The Kier molecular flexibility index (Phi) is 6.66. The number of nitriles is 1. The Labute approximate surface area is 205 Å². The van der Waals surface area contributed by atoms with E-state index in [-0.39, 0.29) is 22.5 Å². The maximum atomic E-state index is 14.9. The quantitative estimate of drug-likeness (QED) is 0.457. The summed E-state index contributed by atoms with van der Waals surface area (Å²) in [6, 6.07) is 8.87. The fourth-order valence-electron chi connectivity index (χ4n) is 4.27. The summed E-state index contributed by atoms with van der Waals surface area (Å²) in [5.74, 6) is -0.384. The van der Waals surface area contributed by atoms with Crippen LogP contribution in [-0.2, 0) is 10.9 Å². The number of hydrogen-bond donors (Lipinski definition) is 1. The van der Waals surface area contributed by atoms with Gasteiger partial charge < -0.3 is 19.5 Å². The van der Waals surface area contributed by atoms with E-state index in [9.17, 15) is 22.7 Å². The maximum Gasteiger partial charge on any atom is 0.417 e. The number of ether oxygens (including phenoxy) is 2. The van der Waals surface area contributed by atoms with Crippen LogP contribution in [0.5, 0.6) is 5.75 Å². The third kappa shape index (κ3) is 4.66. The number of rotatable bonds is 5. The van der Waals surface area contributed by atoms with E-state index in [1.807, 2.05) is 0 Å². The highest BCUT2D eigenvalue weighted by Crippen LogP contribution is 2.42. The zero-order valence-electron chi connectivity index (χ0n) is 19.0. The predicted molar refractivity (Wildman–Crippen MR) is 125 cm³/mol. The second kappa shape index (κ2) is 9.26. The lowest BCUT2D eigenvalue weighted by Gasteiger charge is -2.33. The first-order valence-corrected chi connectivity index (χ1v) is 11.3. The van der Waals surface area contributed by atoms with Crippen LogP contribution in [0.4, 0.5) is 28.9 Å². The molecule has 4 rings (SSSR count). The molecule has 2 atom stereocenters. The first-order valence-electron chi connectivity index (χ1n) is 10.9. The van der Waals surface area contributed by atoms with E-state index in [2.05, 4.69) is 0 Å². The van der Waals surface area contributed by atoms with Gasteiger partial charge in [-0.1, -0.05) is 0 Å². The molecule has 0 bridgehead atoms. The summed E-state index contributed by atoms with van der Waals surface area (Å²) in [5, 5.41) is 20.1. The first-order chi connectivity index (χ1) is 16.4. The summed E-state index contributed by atoms with van der Waals surface area (Å²) in [6.45, 7) is 4.81. The molecule has 2 aromatic rings. The van der Waals surface area contributed by atoms with Crippen LogP contribution in [-0.4, -0.2) is 41.8 Å². The monoisotopic (exact) mass is 509 g/mol. The topological polar surface area (TPSA) is 69.0 Å². The van der Waals surface area contributed by atoms with Crippen molar-refractivity contribution in [3.63, 3.8) is 0 Å². The fourth-order valence-corrected chi connectivity index (χ4v) is 4.81. The fraction of sp³-hybridized carbons (Fsp3) is 0.417. The molecule has 2 unspecified atom stereocenters. The van der Waals surface area contributed by atoms with Crippen molar-refractivity contribution in [2.75, 3.05) is 29.6 Å². The second-order valence-corrected chi connectivity index (χ2v) is 9.38. The molecule has 0 spiro atoms. The molecule has 11 heteroatoms. The van der Waals surface area contributed by atoms with E-state index in [0.717, 1.165) is 23.5 Å². The minimum atomic E-state index is -4.77. The molecule has 0 amide bonds. The SMILES string of the molecule is CC1(C)C(O)N(c2ccc(C#N)c(C(F)(F)F)c2)C(=S)N1c1ccc(OCC2CCOC2)c(F)c1. The molecule has 2 aliphatic rings. The molecule has 2 aliphatic heterocycles. The number of benzene rings is 2. The van der Waals surface area contributed by atoms with Crippen LogP contribution in [0.15, 0.2) is 36.4 Å². The molecule has 0 radical (unpaired) electrons. The zero-order valence-corrected chi connectivity index (χ0v) is 19.8. The van der Waals surface area contributed by atoms with Crippen molar-refractivity contribution in [1.29, 1.82) is 5.26 Å². The van der Waals surface area contributed by atoms with Gasteiger partial charge in [-0.25, -0.2) is 4.39 Å². The Morgan fingerprint density at radius 2 is 1.94 bits per heavy atom. The molecule has 2 aromatic carbocycles. The Balaban J connectivity index is 1.64. The smallest absolute Gasteiger partial charge is 0.417 e. The molecule has 2 saturated heterocycles. The van der Waals surface area contributed by atoms with E-state index in [4.69, 9.17) is 27.0 Å². The number of aliphatic hydroxyl groups excluding tert-OH is 1. The molecule has 0 aromatic heterocycles. The van der Waals surface area contributed by atoms with Crippen LogP contribution < -0.4 is 14.5 Å². The van der Waals surface area contributed by atoms with Gasteiger partial charge in [-0.3, -0.25) is 4.90 Å². The zero-order chi connectivity index (χ0) is 25.5. The van der Waals surface area contributed by atoms with Crippen molar-refractivity contribution in [3.8, 4) is 11.8 Å². The van der Waals surface area contributed by atoms with Gasteiger partial charge in [0.05, 0.1) is 35.9 Å². The van der Waals surface area contributed by atoms with Gasteiger partial charge in [-0.05, 0) is 62.8 Å². The van der Waals surface area contributed by atoms with Gasteiger partial charge in [-0.2, -0.15) is 18.4 Å². The van der Waals surface area contributed by atoms with Crippen LogP contribution in [0.25, 0.3) is 0 Å². The number of aliphatic hydroxyl groups is 1. The van der Waals surface area contributed by atoms with Crippen molar-refractivity contribution >= 4 is 28.7 Å². The molecule has 2 heterocycles. The normalized spacial score (nSPS) is 21.9. The highest BCUT2D eigenvalue weighted by molar-refractivity contribution is 7.80. The highest BCUT2D eigenvalue weighted by atomic mass is 32.1. The molecular weight excluding hydrogens is 486 g/mol. The molecule has 0 aliphatic carbocycles. The number of anilines is 2. The molecule has 1 N–H and O–H groups in total. The highest BCUT2D eigenvalue weighted by Gasteiger charge is 2.50. The summed E-state index contributed by atoms with van der Waals surface area (Å²) in [7, 11) is 0. The number of alkyl halides is 3. The average molecular weight is 510 g/mol. The minimum absolute atomic E-state index is 0.0171. The number of nitrogens with zero attached hydrogens (tertiary/aromatic N) is 3. The van der Waals surface area contributed by atoms with Gasteiger partial charge in [0, 0.05) is 30.0 Å². The van der Waals surface area contributed by atoms with E-state index in [1.165, 1.54) is 29.2 Å². The van der Waals surface area contributed by atoms with Gasteiger partial charge in [0.1, 0.15) is 0 Å². The summed E-state index contributed by atoms with van der Waals surface area (Å²) in [6.07, 6.45) is -5.29. The number of hydrogen-bond acceptors (Lipinski definition) is 5. The largest absolute Gasteiger partial charge is 0.490 e. The first kappa shape index (κ1) is 25.2. The van der Waals surface area contributed by atoms with E-state index in [0.29, 0.717) is 25.5 Å². The van der Waals surface area contributed by atoms with Gasteiger partial charge >= 0.3 is 6.18 Å². The molecule has 0 saturated carbocycles.